The lowest BCUT2D eigenvalue weighted by Crippen LogP contribution is -2.13. The Kier molecular flexibility index (Phi) is 5.02. The minimum atomic E-state index is -0.557. The maximum atomic E-state index is 11.7. The zero-order valence-corrected chi connectivity index (χ0v) is 12.1. The van der Waals surface area contributed by atoms with Gasteiger partial charge in [0.2, 0.25) is 0 Å². The minimum absolute atomic E-state index is 0.183. The number of hydrogen-bond acceptors (Lipinski definition) is 8. The minimum Gasteiger partial charge on any atom is -0.465 e. The topological polar surface area (TPSA) is 119 Å². The number of ether oxygens (including phenoxy) is 2. The smallest absolute Gasteiger partial charge is 0.358 e. The number of H-pyrrole nitrogens is 1. The molecular weight excluding hydrogens is 290 g/mol. The lowest BCUT2D eigenvalue weighted by atomic mass is 10.3. The van der Waals surface area contributed by atoms with E-state index in [1.807, 2.05) is 0 Å². The molecule has 2 heterocycles. The number of hydrogen-bond donors (Lipinski definition) is 2. The van der Waals surface area contributed by atoms with Crippen molar-refractivity contribution in [1.82, 2.24) is 19.9 Å². The molecule has 9 nitrogen and oxygen atoms in total. The highest BCUT2D eigenvalue weighted by molar-refractivity contribution is 5.94. The van der Waals surface area contributed by atoms with Crippen molar-refractivity contribution in [3.8, 4) is 0 Å². The normalized spacial score (nSPS) is 10.1. The van der Waals surface area contributed by atoms with E-state index in [1.54, 1.807) is 6.92 Å². The van der Waals surface area contributed by atoms with Gasteiger partial charge in [-0.2, -0.15) is 0 Å². The number of nitrogens with zero attached hydrogens (tertiary/aromatic N) is 3. The number of aromatic amines is 1. The zero-order chi connectivity index (χ0) is 15.9. The molecule has 0 fully saturated rings. The van der Waals surface area contributed by atoms with Crippen LogP contribution in [0.2, 0.25) is 0 Å². The van der Waals surface area contributed by atoms with Gasteiger partial charge in [0.1, 0.15) is 17.7 Å². The molecule has 0 saturated heterocycles. The Balaban J connectivity index is 2.13. The van der Waals surface area contributed by atoms with Gasteiger partial charge >= 0.3 is 11.9 Å². The Hall–Kier alpha value is -2.97. The summed E-state index contributed by atoms with van der Waals surface area (Å²) in [5.41, 5.74) is 0.901. The number of carbonyl (C=O) groups is 2. The maximum absolute atomic E-state index is 11.7. The van der Waals surface area contributed by atoms with Crippen LogP contribution in [0.25, 0.3) is 0 Å². The van der Waals surface area contributed by atoms with Crippen molar-refractivity contribution in [2.45, 2.75) is 13.5 Å². The third-order valence-corrected chi connectivity index (χ3v) is 2.74. The van der Waals surface area contributed by atoms with E-state index in [0.29, 0.717) is 11.5 Å². The zero-order valence-electron chi connectivity index (χ0n) is 12.1. The highest BCUT2D eigenvalue weighted by Crippen LogP contribution is 2.13. The summed E-state index contributed by atoms with van der Waals surface area (Å²) >= 11 is 0. The van der Waals surface area contributed by atoms with E-state index in [-0.39, 0.29) is 24.4 Å². The number of aromatic nitrogens is 4. The fourth-order valence-corrected chi connectivity index (χ4v) is 1.73. The fraction of sp³-hybridized carbons (Fsp3) is 0.308. The first-order valence-corrected chi connectivity index (χ1v) is 6.48. The number of anilines is 1. The Morgan fingerprint density at radius 3 is 2.86 bits per heavy atom. The van der Waals surface area contributed by atoms with Gasteiger partial charge in [0.25, 0.3) is 0 Å². The van der Waals surface area contributed by atoms with Crippen molar-refractivity contribution < 1.29 is 19.1 Å². The highest BCUT2D eigenvalue weighted by atomic mass is 16.5. The number of esters is 2. The molecule has 0 unspecified atom stereocenters. The van der Waals surface area contributed by atoms with Gasteiger partial charge in [0.15, 0.2) is 5.69 Å². The molecule has 2 aromatic heterocycles. The molecule has 0 saturated carbocycles. The molecule has 0 aliphatic heterocycles. The van der Waals surface area contributed by atoms with Crippen LogP contribution in [0.1, 0.15) is 33.5 Å². The Labute approximate surface area is 126 Å². The van der Waals surface area contributed by atoms with Crippen molar-refractivity contribution in [2.24, 2.45) is 0 Å². The Morgan fingerprint density at radius 2 is 2.14 bits per heavy atom. The van der Waals surface area contributed by atoms with Crippen molar-refractivity contribution in [3.05, 3.63) is 35.8 Å². The summed E-state index contributed by atoms with van der Waals surface area (Å²) in [6.45, 7) is 2.18. The van der Waals surface area contributed by atoms with Gasteiger partial charge in [-0.3, -0.25) is 0 Å². The van der Waals surface area contributed by atoms with Crippen LogP contribution in [-0.2, 0) is 16.0 Å². The molecule has 116 valence electrons. The Bertz CT molecular complexity index is 670. The fourth-order valence-electron chi connectivity index (χ4n) is 1.73. The quantitative estimate of drug-likeness (QED) is 0.751. The molecule has 0 amide bonds. The molecule has 9 heteroatoms. The summed E-state index contributed by atoms with van der Waals surface area (Å²) in [6.07, 6.45) is 4.04. The highest BCUT2D eigenvalue weighted by Gasteiger charge is 2.17. The summed E-state index contributed by atoms with van der Waals surface area (Å²) in [5.74, 6) is -0.777. The second kappa shape index (κ2) is 7.16. The lowest BCUT2D eigenvalue weighted by molar-refractivity contribution is 0.0517. The molecule has 2 N–H and O–H groups in total. The summed E-state index contributed by atoms with van der Waals surface area (Å²) in [7, 11) is 1.27. The van der Waals surface area contributed by atoms with Gasteiger partial charge in [0, 0.05) is 6.20 Å². The average molecular weight is 305 g/mol. The number of imidazole rings is 1. The summed E-state index contributed by atoms with van der Waals surface area (Å²) < 4.78 is 9.56. The molecule has 0 radical (unpaired) electrons. The van der Waals surface area contributed by atoms with Gasteiger partial charge in [0.05, 0.1) is 32.3 Å². The van der Waals surface area contributed by atoms with E-state index in [4.69, 9.17) is 4.74 Å². The molecule has 0 bridgehead atoms. The molecule has 0 aromatic carbocycles. The number of rotatable bonds is 6. The van der Waals surface area contributed by atoms with Crippen LogP contribution in [0.5, 0.6) is 0 Å². The van der Waals surface area contributed by atoms with E-state index in [9.17, 15) is 9.59 Å². The van der Waals surface area contributed by atoms with Crippen molar-refractivity contribution in [2.75, 3.05) is 19.0 Å². The van der Waals surface area contributed by atoms with Gasteiger partial charge in [-0.1, -0.05) is 0 Å². The largest absolute Gasteiger partial charge is 0.465 e. The van der Waals surface area contributed by atoms with Crippen LogP contribution < -0.4 is 5.32 Å². The monoisotopic (exact) mass is 305 g/mol. The van der Waals surface area contributed by atoms with Crippen LogP contribution in [0.3, 0.4) is 0 Å². The van der Waals surface area contributed by atoms with Gasteiger partial charge in [-0.15, -0.1) is 0 Å². The van der Waals surface area contributed by atoms with E-state index in [2.05, 4.69) is 30.0 Å². The molecule has 2 rings (SSSR count). The van der Waals surface area contributed by atoms with E-state index < -0.39 is 11.9 Å². The second-order valence-electron chi connectivity index (χ2n) is 4.08. The first-order chi connectivity index (χ1) is 10.7. The molecule has 0 spiro atoms. The van der Waals surface area contributed by atoms with Crippen LogP contribution in [0.15, 0.2) is 18.9 Å². The van der Waals surface area contributed by atoms with Crippen LogP contribution >= 0.6 is 0 Å². The van der Waals surface area contributed by atoms with E-state index in [0.717, 1.165) is 0 Å². The number of carbonyl (C=O) groups excluding carboxylic acids is 2. The molecule has 0 atom stereocenters. The first kappa shape index (κ1) is 15.4. The van der Waals surface area contributed by atoms with E-state index >= 15 is 0 Å². The summed E-state index contributed by atoms with van der Waals surface area (Å²) in [5, 5.41) is 2.94. The summed E-state index contributed by atoms with van der Waals surface area (Å²) in [4.78, 5) is 37.9. The van der Waals surface area contributed by atoms with E-state index in [1.165, 1.54) is 26.0 Å². The predicted molar refractivity (Wildman–Crippen MR) is 75.2 cm³/mol. The van der Waals surface area contributed by atoms with Crippen LogP contribution in [0, 0.1) is 0 Å². The summed E-state index contributed by atoms with van der Waals surface area (Å²) in [6, 6.07) is 0. The average Bonchev–Trinajstić information content (AvgIpc) is 3.01. The van der Waals surface area contributed by atoms with Gasteiger partial charge in [-0.25, -0.2) is 24.5 Å². The third-order valence-electron chi connectivity index (χ3n) is 2.74. The standard InChI is InChI=1S/C13H15N5O4/c1-3-22-13(20)10-9(16-7-17-10)5-15-11-8(12(19)21-2)4-14-6-18-11/h4,6-7H,3,5H2,1-2H3,(H,16,17)(H,14,15,18). The maximum Gasteiger partial charge on any atom is 0.358 e. The Morgan fingerprint density at radius 1 is 1.32 bits per heavy atom. The number of nitrogens with one attached hydrogen (secondary N) is 2. The molecule has 22 heavy (non-hydrogen) atoms. The molecule has 2 aromatic rings. The lowest BCUT2D eigenvalue weighted by Gasteiger charge is -2.08. The molecular formula is C13H15N5O4. The van der Waals surface area contributed by atoms with Crippen LogP contribution in [0.4, 0.5) is 5.82 Å². The van der Waals surface area contributed by atoms with Gasteiger partial charge in [-0.05, 0) is 6.92 Å². The van der Waals surface area contributed by atoms with Crippen molar-refractivity contribution >= 4 is 17.8 Å². The SMILES string of the molecule is CCOC(=O)c1nc[nH]c1CNc1ncncc1C(=O)OC. The number of methoxy groups -OCH3 is 1. The first-order valence-electron chi connectivity index (χ1n) is 6.48. The molecule has 0 aliphatic carbocycles. The third kappa shape index (κ3) is 3.37. The van der Waals surface area contributed by atoms with Crippen molar-refractivity contribution in [1.29, 1.82) is 0 Å². The van der Waals surface area contributed by atoms with Gasteiger partial charge < -0.3 is 19.8 Å². The van der Waals surface area contributed by atoms with Crippen LogP contribution in [-0.4, -0.2) is 45.6 Å². The predicted octanol–water partition coefficient (Wildman–Crippen LogP) is 0.775. The molecule has 0 aliphatic rings. The second-order valence-corrected chi connectivity index (χ2v) is 4.08. The van der Waals surface area contributed by atoms with Crippen molar-refractivity contribution in [3.63, 3.8) is 0 Å².